The molecule has 0 unspecified atom stereocenters. The lowest BCUT2D eigenvalue weighted by molar-refractivity contribution is 0.426. The highest BCUT2D eigenvalue weighted by atomic mass is 16.4. The van der Waals surface area contributed by atoms with Crippen molar-refractivity contribution in [2.75, 3.05) is 4.90 Å². The lowest BCUT2D eigenvalue weighted by Gasteiger charge is -2.27. The molecule has 2 N–H and O–H groups in total. The second-order valence-electron chi connectivity index (χ2n) is 7.72. The number of nitrogens with zero attached hydrogens (tertiary/aromatic N) is 1. The Kier molecular flexibility index (Phi) is 5.47. The Bertz CT molecular complexity index is 1340. The first-order chi connectivity index (χ1) is 15.7. The summed E-state index contributed by atoms with van der Waals surface area (Å²) in [5, 5.41) is 21.2. The molecule has 5 aromatic carbocycles. The molecular weight excluding hydrogens is 393 g/mol. The normalized spacial score (nSPS) is 10.8. The highest BCUT2D eigenvalue weighted by molar-refractivity contribution is 6.59. The van der Waals surface area contributed by atoms with Gasteiger partial charge in [-0.2, -0.15) is 0 Å². The lowest BCUT2D eigenvalue weighted by atomic mass is 9.79. The summed E-state index contributed by atoms with van der Waals surface area (Å²) >= 11 is 0. The molecule has 0 saturated carbocycles. The molecule has 0 saturated heterocycles. The van der Waals surface area contributed by atoms with Crippen LogP contribution in [0.5, 0.6) is 0 Å². The van der Waals surface area contributed by atoms with Crippen molar-refractivity contribution in [1.29, 1.82) is 0 Å². The van der Waals surface area contributed by atoms with Crippen LogP contribution in [0.4, 0.5) is 17.1 Å². The predicted octanol–water partition coefficient (Wildman–Crippen LogP) is 5.66. The number of benzene rings is 5. The van der Waals surface area contributed by atoms with Gasteiger partial charge in [0.25, 0.3) is 0 Å². The molecule has 4 heteroatoms. The smallest absolute Gasteiger partial charge is 0.423 e. The summed E-state index contributed by atoms with van der Waals surface area (Å²) in [5.41, 5.74) is 5.97. The molecular formula is C28H22BNO2. The highest BCUT2D eigenvalue weighted by Crippen LogP contribution is 2.39. The molecule has 3 nitrogen and oxygen atoms in total. The second kappa shape index (κ2) is 8.71. The Morgan fingerprint density at radius 2 is 1.16 bits per heavy atom. The zero-order valence-electron chi connectivity index (χ0n) is 17.5. The standard InChI is InChI=1S/C28H22BNO2/c31-29(32)24-16-19-27-23(20-24)10-7-13-28(27)30(25-11-5-2-6-12-25)26-17-14-22(15-18-26)21-8-3-1-4-9-21/h1-20,31-32H. The van der Waals surface area contributed by atoms with Crippen molar-refractivity contribution >= 4 is 40.4 Å². The zero-order chi connectivity index (χ0) is 21.9. The van der Waals surface area contributed by atoms with Gasteiger partial charge in [-0.05, 0) is 52.3 Å². The van der Waals surface area contributed by atoms with Gasteiger partial charge in [0, 0.05) is 16.8 Å². The van der Waals surface area contributed by atoms with Gasteiger partial charge in [-0.1, -0.05) is 91.0 Å². The number of anilines is 3. The first kappa shape index (κ1) is 20.1. The molecule has 0 heterocycles. The summed E-state index contributed by atoms with van der Waals surface area (Å²) in [7, 11) is -1.49. The first-order valence-corrected chi connectivity index (χ1v) is 10.6. The molecule has 0 atom stereocenters. The summed E-state index contributed by atoms with van der Waals surface area (Å²) in [4.78, 5) is 2.23. The van der Waals surface area contributed by atoms with E-state index in [-0.39, 0.29) is 0 Å². The van der Waals surface area contributed by atoms with Gasteiger partial charge in [-0.3, -0.25) is 0 Å². The number of hydrogen-bond donors (Lipinski definition) is 2. The van der Waals surface area contributed by atoms with Crippen LogP contribution in [0.3, 0.4) is 0 Å². The molecule has 0 aliphatic heterocycles. The summed E-state index contributed by atoms with van der Waals surface area (Å²) in [6.07, 6.45) is 0. The Labute approximate surface area is 188 Å². The van der Waals surface area contributed by atoms with Crippen LogP contribution in [-0.4, -0.2) is 17.2 Å². The van der Waals surface area contributed by atoms with E-state index in [9.17, 15) is 10.0 Å². The Morgan fingerprint density at radius 3 is 1.84 bits per heavy atom. The fraction of sp³-hybridized carbons (Fsp3) is 0. The fourth-order valence-corrected chi connectivity index (χ4v) is 4.08. The van der Waals surface area contributed by atoms with Crippen LogP contribution in [0.25, 0.3) is 21.9 Å². The van der Waals surface area contributed by atoms with Crippen LogP contribution < -0.4 is 10.4 Å². The van der Waals surface area contributed by atoms with Gasteiger partial charge in [0.2, 0.25) is 0 Å². The Balaban J connectivity index is 1.65. The van der Waals surface area contributed by atoms with Crippen LogP contribution in [0.15, 0.2) is 121 Å². The molecule has 0 spiro atoms. The van der Waals surface area contributed by atoms with E-state index in [1.165, 1.54) is 11.1 Å². The summed E-state index contributed by atoms with van der Waals surface area (Å²) in [5.74, 6) is 0. The van der Waals surface area contributed by atoms with Crippen molar-refractivity contribution in [2.45, 2.75) is 0 Å². The van der Waals surface area contributed by atoms with Gasteiger partial charge < -0.3 is 14.9 Å². The number of hydrogen-bond acceptors (Lipinski definition) is 3. The SMILES string of the molecule is OB(O)c1ccc2c(N(c3ccccc3)c3ccc(-c4ccccc4)cc3)cccc2c1. The second-order valence-corrected chi connectivity index (χ2v) is 7.72. The number of fused-ring (bicyclic) bond motifs is 1. The van der Waals surface area contributed by atoms with Crippen molar-refractivity contribution in [1.82, 2.24) is 0 Å². The van der Waals surface area contributed by atoms with E-state index < -0.39 is 7.12 Å². The summed E-state index contributed by atoms with van der Waals surface area (Å²) in [6, 6.07) is 40.8. The van der Waals surface area contributed by atoms with Crippen LogP contribution in [0, 0.1) is 0 Å². The van der Waals surface area contributed by atoms with Crippen LogP contribution in [0.2, 0.25) is 0 Å². The zero-order valence-corrected chi connectivity index (χ0v) is 17.5. The molecule has 154 valence electrons. The van der Waals surface area contributed by atoms with Gasteiger partial charge in [-0.25, -0.2) is 0 Å². The molecule has 0 aliphatic rings. The van der Waals surface area contributed by atoms with Crippen LogP contribution in [-0.2, 0) is 0 Å². The van der Waals surface area contributed by atoms with Crippen molar-refractivity contribution in [3.05, 3.63) is 121 Å². The number of rotatable bonds is 5. The third kappa shape index (κ3) is 3.90. The summed E-state index contributed by atoms with van der Waals surface area (Å²) in [6.45, 7) is 0. The largest absolute Gasteiger partial charge is 0.488 e. The van der Waals surface area contributed by atoms with Crippen molar-refractivity contribution in [3.8, 4) is 11.1 Å². The quantitative estimate of drug-likeness (QED) is 0.364. The minimum absolute atomic E-state index is 0.480. The average Bonchev–Trinajstić information content (AvgIpc) is 2.85. The lowest BCUT2D eigenvalue weighted by Crippen LogP contribution is -2.29. The monoisotopic (exact) mass is 415 g/mol. The molecule has 0 amide bonds. The molecule has 0 bridgehead atoms. The first-order valence-electron chi connectivity index (χ1n) is 10.6. The average molecular weight is 415 g/mol. The maximum Gasteiger partial charge on any atom is 0.488 e. The van der Waals surface area contributed by atoms with Crippen LogP contribution >= 0.6 is 0 Å². The minimum Gasteiger partial charge on any atom is -0.423 e. The van der Waals surface area contributed by atoms with E-state index in [4.69, 9.17) is 0 Å². The maximum atomic E-state index is 9.58. The molecule has 5 rings (SSSR count). The van der Waals surface area contributed by atoms with Crippen molar-refractivity contribution in [2.24, 2.45) is 0 Å². The van der Waals surface area contributed by atoms with E-state index >= 15 is 0 Å². The maximum absolute atomic E-state index is 9.58. The Hall–Kier alpha value is -3.86. The van der Waals surface area contributed by atoms with E-state index in [1.54, 1.807) is 6.07 Å². The van der Waals surface area contributed by atoms with E-state index in [0.717, 1.165) is 27.8 Å². The van der Waals surface area contributed by atoms with Crippen molar-refractivity contribution in [3.63, 3.8) is 0 Å². The van der Waals surface area contributed by atoms with E-state index in [1.807, 2.05) is 60.7 Å². The molecule has 5 aromatic rings. The van der Waals surface area contributed by atoms with E-state index in [2.05, 4.69) is 59.5 Å². The number of para-hydroxylation sites is 1. The van der Waals surface area contributed by atoms with Gasteiger partial charge >= 0.3 is 7.12 Å². The van der Waals surface area contributed by atoms with Gasteiger partial charge in [0.15, 0.2) is 0 Å². The molecule has 0 aliphatic carbocycles. The van der Waals surface area contributed by atoms with E-state index in [0.29, 0.717) is 5.46 Å². The topological polar surface area (TPSA) is 43.7 Å². The van der Waals surface area contributed by atoms with Gasteiger partial charge in [0.05, 0.1) is 5.69 Å². The van der Waals surface area contributed by atoms with Crippen LogP contribution in [0.1, 0.15) is 0 Å². The third-order valence-electron chi connectivity index (χ3n) is 5.67. The Morgan fingerprint density at radius 1 is 0.531 bits per heavy atom. The highest BCUT2D eigenvalue weighted by Gasteiger charge is 2.17. The molecule has 0 radical (unpaired) electrons. The molecule has 32 heavy (non-hydrogen) atoms. The van der Waals surface area contributed by atoms with Crippen molar-refractivity contribution < 1.29 is 10.0 Å². The summed E-state index contributed by atoms with van der Waals surface area (Å²) < 4.78 is 0. The third-order valence-corrected chi connectivity index (χ3v) is 5.67. The molecule has 0 fully saturated rings. The van der Waals surface area contributed by atoms with Gasteiger partial charge in [-0.15, -0.1) is 0 Å². The fourth-order valence-electron chi connectivity index (χ4n) is 4.08. The minimum atomic E-state index is -1.49. The van der Waals surface area contributed by atoms with Gasteiger partial charge in [0.1, 0.15) is 0 Å². The molecule has 0 aromatic heterocycles. The predicted molar refractivity (Wildman–Crippen MR) is 134 cm³/mol.